The van der Waals surface area contributed by atoms with Crippen molar-refractivity contribution in [3.05, 3.63) is 32.7 Å². The average Bonchev–Trinajstić information content (AvgIpc) is 2.53. The maximum Gasteiger partial charge on any atom is 0.244 e. The number of amides is 1. The molecule has 4 nitrogen and oxygen atoms in total. The van der Waals surface area contributed by atoms with Crippen molar-refractivity contribution >= 4 is 43.8 Å². The van der Waals surface area contributed by atoms with Crippen LogP contribution in [0.2, 0.25) is 0 Å². The number of ether oxygens (including phenoxy) is 1. The van der Waals surface area contributed by atoms with Crippen molar-refractivity contribution in [2.24, 2.45) is 5.92 Å². The van der Waals surface area contributed by atoms with Crippen LogP contribution < -0.4 is 10.1 Å². The maximum absolute atomic E-state index is 12.2. The van der Waals surface area contributed by atoms with Crippen LogP contribution in [-0.2, 0) is 4.79 Å². The summed E-state index contributed by atoms with van der Waals surface area (Å²) in [7, 11) is 1.62. The Balaban J connectivity index is 1.67. The fourth-order valence-electron chi connectivity index (χ4n) is 3.44. The molecule has 1 unspecified atom stereocenters. The molecule has 1 N–H and O–H groups in total. The predicted octanol–water partition coefficient (Wildman–Crippen LogP) is 3.44. The van der Waals surface area contributed by atoms with Gasteiger partial charge in [0.05, 0.1) is 11.6 Å². The molecule has 3 aliphatic heterocycles. The molecular weight excluding hydrogens is 424 g/mol. The monoisotopic (exact) mass is 442 g/mol. The molecule has 0 spiro atoms. The Kier molecular flexibility index (Phi) is 5.44. The standard InChI is InChI=1S/C17H20Br2N2O2/c1-23-17-12(8-13(18)9-14(17)19)2-3-16(22)20-15-10-21-6-4-11(15)5-7-21/h2-3,8-9,11,15H,4-7,10H2,1H3,(H,20,22). The van der Waals surface area contributed by atoms with Crippen molar-refractivity contribution < 1.29 is 9.53 Å². The first-order valence-electron chi connectivity index (χ1n) is 7.81. The van der Waals surface area contributed by atoms with Crippen LogP contribution in [0.4, 0.5) is 0 Å². The van der Waals surface area contributed by atoms with Crippen LogP contribution in [0.15, 0.2) is 27.2 Å². The summed E-state index contributed by atoms with van der Waals surface area (Å²) in [5.74, 6) is 1.31. The second-order valence-electron chi connectivity index (χ2n) is 6.10. The molecule has 6 heteroatoms. The van der Waals surface area contributed by atoms with Gasteiger partial charge in [-0.2, -0.15) is 0 Å². The van der Waals surface area contributed by atoms with E-state index in [1.807, 2.05) is 12.1 Å². The van der Waals surface area contributed by atoms with Crippen LogP contribution in [0.1, 0.15) is 18.4 Å². The van der Waals surface area contributed by atoms with E-state index in [0.717, 1.165) is 26.8 Å². The van der Waals surface area contributed by atoms with Gasteiger partial charge in [0.2, 0.25) is 5.91 Å². The number of nitrogens with zero attached hydrogens (tertiary/aromatic N) is 1. The van der Waals surface area contributed by atoms with Crippen LogP contribution in [-0.4, -0.2) is 43.6 Å². The summed E-state index contributed by atoms with van der Waals surface area (Å²) < 4.78 is 7.18. The number of rotatable bonds is 4. The molecule has 1 amide bonds. The number of fused-ring (bicyclic) bond motifs is 3. The third kappa shape index (κ3) is 3.98. The highest BCUT2D eigenvalue weighted by Gasteiger charge is 2.34. The minimum atomic E-state index is -0.0399. The largest absolute Gasteiger partial charge is 0.495 e. The summed E-state index contributed by atoms with van der Waals surface area (Å²) in [6.07, 6.45) is 5.78. The van der Waals surface area contributed by atoms with E-state index in [1.165, 1.54) is 25.9 Å². The van der Waals surface area contributed by atoms with E-state index >= 15 is 0 Å². The molecule has 1 atom stereocenters. The Morgan fingerprint density at radius 2 is 2.09 bits per heavy atom. The molecule has 3 saturated heterocycles. The van der Waals surface area contributed by atoms with E-state index in [9.17, 15) is 4.79 Å². The van der Waals surface area contributed by atoms with Gasteiger partial charge in [0.15, 0.2) is 0 Å². The second-order valence-corrected chi connectivity index (χ2v) is 7.87. The Labute approximate surface area is 153 Å². The minimum absolute atomic E-state index is 0.0399. The zero-order valence-electron chi connectivity index (χ0n) is 13.0. The normalized spacial score (nSPS) is 26.5. The van der Waals surface area contributed by atoms with Gasteiger partial charge in [-0.3, -0.25) is 4.79 Å². The first kappa shape index (κ1) is 17.0. The molecule has 1 aromatic rings. The van der Waals surface area contributed by atoms with E-state index < -0.39 is 0 Å². The molecule has 0 aliphatic carbocycles. The summed E-state index contributed by atoms with van der Waals surface area (Å²) in [5.41, 5.74) is 0.859. The molecule has 1 aromatic carbocycles. The van der Waals surface area contributed by atoms with E-state index in [0.29, 0.717) is 5.92 Å². The molecule has 0 radical (unpaired) electrons. The third-order valence-corrected chi connectivity index (χ3v) is 5.69. The Bertz CT molecular complexity index is 625. The average molecular weight is 444 g/mol. The number of carbonyl (C=O) groups excluding carboxylic acids is 1. The van der Waals surface area contributed by atoms with Crippen molar-refractivity contribution in [3.8, 4) is 5.75 Å². The lowest BCUT2D eigenvalue weighted by atomic mass is 9.84. The SMILES string of the molecule is COc1c(Br)cc(Br)cc1C=CC(=O)NC1CN2CCC1CC2. The first-order valence-corrected chi connectivity index (χ1v) is 9.39. The second kappa shape index (κ2) is 7.36. The van der Waals surface area contributed by atoms with Gasteiger partial charge in [-0.1, -0.05) is 15.9 Å². The smallest absolute Gasteiger partial charge is 0.244 e. The molecular formula is C17H20Br2N2O2. The van der Waals surface area contributed by atoms with Crippen molar-refractivity contribution in [1.82, 2.24) is 10.2 Å². The fraction of sp³-hybridized carbons (Fsp3) is 0.471. The van der Waals surface area contributed by atoms with E-state index in [1.54, 1.807) is 19.3 Å². The highest BCUT2D eigenvalue weighted by Crippen LogP contribution is 2.33. The highest BCUT2D eigenvalue weighted by atomic mass is 79.9. The lowest BCUT2D eigenvalue weighted by Gasteiger charge is -2.44. The fourth-order valence-corrected chi connectivity index (χ4v) is 4.86. The maximum atomic E-state index is 12.2. The van der Waals surface area contributed by atoms with Crippen molar-refractivity contribution in [2.75, 3.05) is 26.7 Å². The number of nitrogens with one attached hydrogen (secondary N) is 1. The minimum Gasteiger partial charge on any atom is -0.495 e. The van der Waals surface area contributed by atoms with Crippen molar-refractivity contribution in [3.63, 3.8) is 0 Å². The molecule has 4 rings (SSSR count). The van der Waals surface area contributed by atoms with E-state index in [2.05, 4.69) is 42.1 Å². The van der Waals surface area contributed by atoms with Crippen LogP contribution in [0, 0.1) is 5.92 Å². The Morgan fingerprint density at radius 1 is 1.35 bits per heavy atom. The van der Waals surface area contributed by atoms with E-state index in [4.69, 9.17) is 4.74 Å². The van der Waals surface area contributed by atoms with Crippen LogP contribution in [0.5, 0.6) is 5.75 Å². The zero-order valence-corrected chi connectivity index (χ0v) is 16.2. The third-order valence-electron chi connectivity index (χ3n) is 4.64. The van der Waals surface area contributed by atoms with Crippen LogP contribution in [0.25, 0.3) is 6.08 Å². The summed E-state index contributed by atoms with van der Waals surface area (Å²) in [5, 5.41) is 3.16. The number of halogens is 2. The summed E-state index contributed by atoms with van der Waals surface area (Å²) in [4.78, 5) is 14.7. The molecule has 2 bridgehead atoms. The summed E-state index contributed by atoms with van der Waals surface area (Å²) in [6.45, 7) is 3.34. The predicted molar refractivity (Wildman–Crippen MR) is 98.5 cm³/mol. The van der Waals surface area contributed by atoms with Crippen molar-refractivity contribution in [2.45, 2.75) is 18.9 Å². The summed E-state index contributed by atoms with van der Waals surface area (Å²) in [6, 6.07) is 4.14. The Morgan fingerprint density at radius 3 is 2.70 bits per heavy atom. The Hall–Kier alpha value is -0.850. The topological polar surface area (TPSA) is 41.6 Å². The van der Waals surface area contributed by atoms with Gasteiger partial charge >= 0.3 is 0 Å². The van der Waals surface area contributed by atoms with E-state index in [-0.39, 0.29) is 11.9 Å². The molecule has 0 aromatic heterocycles. The highest BCUT2D eigenvalue weighted by molar-refractivity contribution is 9.11. The van der Waals surface area contributed by atoms with Crippen molar-refractivity contribution in [1.29, 1.82) is 0 Å². The van der Waals surface area contributed by atoms with Gasteiger partial charge < -0.3 is 15.0 Å². The molecule has 124 valence electrons. The van der Waals surface area contributed by atoms with Gasteiger partial charge in [0.25, 0.3) is 0 Å². The molecule has 23 heavy (non-hydrogen) atoms. The summed E-state index contributed by atoms with van der Waals surface area (Å²) >= 11 is 6.93. The first-order chi connectivity index (χ1) is 11.1. The number of piperidine rings is 3. The molecule has 0 saturated carbocycles. The van der Waals surface area contributed by atoms with Gasteiger partial charge in [-0.15, -0.1) is 0 Å². The number of hydrogen-bond acceptors (Lipinski definition) is 3. The number of methoxy groups -OCH3 is 1. The lowest BCUT2D eigenvalue weighted by molar-refractivity contribution is -0.118. The van der Waals surface area contributed by atoms with Crippen LogP contribution >= 0.6 is 31.9 Å². The quantitative estimate of drug-likeness (QED) is 0.724. The zero-order chi connectivity index (χ0) is 16.4. The van der Waals surface area contributed by atoms with Gasteiger partial charge in [0, 0.05) is 28.7 Å². The van der Waals surface area contributed by atoms with Gasteiger partial charge in [-0.05, 0) is 66.0 Å². The lowest BCUT2D eigenvalue weighted by Crippen LogP contribution is -2.57. The molecule has 3 fully saturated rings. The number of hydrogen-bond donors (Lipinski definition) is 1. The van der Waals surface area contributed by atoms with Crippen LogP contribution in [0.3, 0.4) is 0 Å². The molecule has 3 heterocycles. The molecule has 3 aliphatic rings. The van der Waals surface area contributed by atoms with Gasteiger partial charge in [-0.25, -0.2) is 0 Å². The van der Waals surface area contributed by atoms with Gasteiger partial charge in [0.1, 0.15) is 5.75 Å². The number of benzene rings is 1. The number of carbonyl (C=O) groups is 1.